The zero-order chi connectivity index (χ0) is 20.4. The number of fused-ring (bicyclic) bond motifs is 1. The summed E-state index contributed by atoms with van der Waals surface area (Å²) >= 11 is 0. The molecular weight excluding hydrogens is 364 g/mol. The fourth-order valence-electron chi connectivity index (χ4n) is 3.90. The van der Waals surface area contributed by atoms with Crippen molar-refractivity contribution in [2.75, 3.05) is 0 Å². The first-order valence-electron chi connectivity index (χ1n) is 9.74. The lowest BCUT2D eigenvalue weighted by Gasteiger charge is -2.43. The monoisotopic (exact) mass is 388 g/mol. The Labute approximate surface area is 170 Å². The van der Waals surface area contributed by atoms with Crippen molar-refractivity contribution in [1.82, 2.24) is 10.2 Å². The summed E-state index contributed by atoms with van der Waals surface area (Å²) in [5.74, 6) is 0.322. The van der Waals surface area contributed by atoms with Crippen LogP contribution in [0.2, 0.25) is 0 Å². The van der Waals surface area contributed by atoms with Gasteiger partial charge in [0.25, 0.3) is 5.91 Å². The van der Waals surface area contributed by atoms with E-state index in [0.717, 1.165) is 16.7 Å². The standard InChI is InChI=1S/C24H24N2O3/c1-17-8-3-4-10-19(17)15-25-23(28)24(2)14-18-9-5-6-12-21(18)22(27)26(24)16-20-11-7-13-29-20/h3-13H,14-16H2,1-2H3,(H,25,28). The number of amides is 2. The van der Waals surface area contributed by atoms with Crippen LogP contribution in [0, 0.1) is 6.92 Å². The van der Waals surface area contributed by atoms with Crippen molar-refractivity contribution in [3.8, 4) is 0 Å². The molecule has 29 heavy (non-hydrogen) atoms. The lowest BCUT2D eigenvalue weighted by molar-refractivity contribution is -0.132. The van der Waals surface area contributed by atoms with Crippen LogP contribution < -0.4 is 5.32 Å². The highest BCUT2D eigenvalue weighted by molar-refractivity contribution is 6.02. The maximum atomic E-state index is 13.4. The predicted molar refractivity (Wildman–Crippen MR) is 110 cm³/mol. The van der Waals surface area contributed by atoms with Gasteiger partial charge in [-0.3, -0.25) is 9.59 Å². The lowest BCUT2D eigenvalue weighted by Crippen LogP contribution is -2.62. The molecule has 1 atom stereocenters. The van der Waals surface area contributed by atoms with Gasteiger partial charge in [-0.2, -0.15) is 0 Å². The number of rotatable bonds is 5. The van der Waals surface area contributed by atoms with Gasteiger partial charge in [0.1, 0.15) is 11.3 Å². The number of aryl methyl sites for hydroxylation is 1. The quantitative estimate of drug-likeness (QED) is 0.722. The van der Waals surface area contributed by atoms with Gasteiger partial charge < -0.3 is 14.6 Å². The fourth-order valence-corrected chi connectivity index (χ4v) is 3.90. The van der Waals surface area contributed by atoms with Gasteiger partial charge in [-0.25, -0.2) is 0 Å². The van der Waals surface area contributed by atoms with Gasteiger partial charge in [-0.15, -0.1) is 0 Å². The summed E-state index contributed by atoms with van der Waals surface area (Å²) in [6.07, 6.45) is 2.03. The minimum absolute atomic E-state index is 0.156. The van der Waals surface area contributed by atoms with Gasteiger partial charge in [0.05, 0.1) is 12.8 Å². The Morgan fingerprint density at radius 2 is 1.86 bits per heavy atom. The number of carbonyl (C=O) groups excluding carboxylic acids is 2. The fraction of sp³-hybridized carbons (Fsp3) is 0.250. The number of furan rings is 1. The van der Waals surface area contributed by atoms with Gasteiger partial charge >= 0.3 is 0 Å². The second-order valence-electron chi connectivity index (χ2n) is 7.69. The van der Waals surface area contributed by atoms with Crippen molar-refractivity contribution in [3.63, 3.8) is 0 Å². The van der Waals surface area contributed by atoms with Crippen LogP contribution in [0.4, 0.5) is 0 Å². The molecule has 2 heterocycles. The smallest absolute Gasteiger partial charge is 0.255 e. The van der Waals surface area contributed by atoms with Crippen molar-refractivity contribution in [2.45, 2.75) is 38.9 Å². The van der Waals surface area contributed by atoms with Crippen LogP contribution in [-0.4, -0.2) is 22.3 Å². The number of benzene rings is 2. The minimum atomic E-state index is -1.01. The summed E-state index contributed by atoms with van der Waals surface area (Å²) in [6.45, 7) is 4.52. The molecule has 5 nitrogen and oxygen atoms in total. The SMILES string of the molecule is Cc1ccccc1CNC(=O)C1(C)Cc2ccccc2C(=O)N1Cc1ccco1. The first-order valence-corrected chi connectivity index (χ1v) is 9.74. The number of carbonyl (C=O) groups is 2. The maximum absolute atomic E-state index is 13.4. The zero-order valence-electron chi connectivity index (χ0n) is 16.6. The van der Waals surface area contributed by atoms with Crippen LogP contribution in [0.25, 0.3) is 0 Å². The van der Waals surface area contributed by atoms with Gasteiger partial charge in [0, 0.05) is 18.5 Å². The molecule has 1 N–H and O–H groups in total. The van der Waals surface area contributed by atoms with Gasteiger partial charge in [0.15, 0.2) is 0 Å². The molecule has 0 aliphatic carbocycles. The average molecular weight is 388 g/mol. The van der Waals surface area contributed by atoms with E-state index in [2.05, 4.69) is 5.32 Å². The lowest BCUT2D eigenvalue weighted by atomic mass is 9.82. The van der Waals surface area contributed by atoms with Crippen LogP contribution in [0.3, 0.4) is 0 Å². The highest BCUT2D eigenvalue weighted by atomic mass is 16.3. The van der Waals surface area contributed by atoms with E-state index < -0.39 is 5.54 Å². The largest absolute Gasteiger partial charge is 0.467 e. The van der Waals surface area contributed by atoms with E-state index in [4.69, 9.17) is 4.42 Å². The maximum Gasteiger partial charge on any atom is 0.255 e. The van der Waals surface area contributed by atoms with E-state index in [1.54, 1.807) is 17.2 Å². The van der Waals surface area contributed by atoms with E-state index in [9.17, 15) is 9.59 Å². The Morgan fingerprint density at radius 1 is 1.10 bits per heavy atom. The minimum Gasteiger partial charge on any atom is -0.467 e. The molecule has 0 fully saturated rings. The summed E-state index contributed by atoms with van der Waals surface area (Å²) in [5.41, 5.74) is 2.70. The summed E-state index contributed by atoms with van der Waals surface area (Å²) < 4.78 is 5.47. The molecule has 2 aromatic carbocycles. The number of nitrogens with zero attached hydrogens (tertiary/aromatic N) is 1. The second-order valence-corrected chi connectivity index (χ2v) is 7.69. The van der Waals surface area contributed by atoms with E-state index in [1.807, 2.05) is 68.4 Å². The molecule has 1 unspecified atom stereocenters. The van der Waals surface area contributed by atoms with Crippen molar-refractivity contribution >= 4 is 11.8 Å². The highest BCUT2D eigenvalue weighted by Crippen LogP contribution is 2.33. The Morgan fingerprint density at radius 3 is 2.62 bits per heavy atom. The van der Waals surface area contributed by atoms with E-state index in [1.165, 1.54) is 0 Å². The number of hydrogen-bond donors (Lipinski definition) is 1. The predicted octanol–water partition coefficient (Wildman–Crippen LogP) is 3.86. The van der Waals surface area contributed by atoms with Crippen LogP contribution in [0.5, 0.6) is 0 Å². The molecular formula is C24H24N2O3. The van der Waals surface area contributed by atoms with E-state index in [-0.39, 0.29) is 18.4 Å². The summed E-state index contributed by atoms with van der Waals surface area (Å²) in [7, 11) is 0. The van der Waals surface area contributed by atoms with E-state index >= 15 is 0 Å². The molecule has 3 aromatic rings. The normalized spacial score (nSPS) is 18.4. The summed E-state index contributed by atoms with van der Waals surface area (Å²) in [6, 6.07) is 19.0. The third-order valence-electron chi connectivity index (χ3n) is 5.71. The Balaban J connectivity index is 1.64. The van der Waals surface area contributed by atoms with Crippen molar-refractivity contribution in [1.29, 1.82) is 0 Å². The molecule has 4 rings (SSSR count). The summed E-state index contributed by atoms with van der Waals surface area (Å²) in [4.78, 5) is 28.3. The number of hydrogen-bond acceptors (Lipinski definition) is 3. The van der Waals surface area contributed by atoms with Crippen molar-refractivity contribution in [3.05, 3.63) is 94.9 Å². The molecule has 2 amide bonds. The zero-order valence-corrected chi connectivity index (χ0v) is 16.6. The van der Waals surface area contributed by atoms with Crippen LogP contribution in [-0.2, 0) is 24.3 Å². The van der Waals surface area contributed by atoms with Crippen molar-refractivity contribution < 1.29 is 14.0 Å². The van der Waals surface area contributed by atoms with Gasteiger partial charge in [-0.05, 0) is 48.7 Å². The molecule has 0 saturated heterocycles. The topological polar surface area (TPSA) is 62.6 Å². The molecule has 148 valence electrons. The first kappa shape index (κ1) is 19.0. The number of nitrogens with one attached hydrogen (secondary N) is 1. The molecule has 0 bridgehead atoms. The Bertz CT molecular complexity index is 1040. The summed E-state index contributed by atoms with van der Waals surface area (Å²) in [5, 5.41) is 3.05. The molecule has 0 spiro atoms. The second kappa shape index (κ2) is 7.59. The molecule has 1 aliphatic rings. The molecule has 0 radical (unpaired) electrons. The first-order chi connectivity index (χ1) is 14.0. The third-order valence-corrected chi connectivity index (χ3v) is 5.71. The Hall–Kier alpha value is -3.34. The molecule has 1 aliphatic heterocycles. The molecule has 5 heteroatoms. The van der Waals surface area contributed by atoms with Crippen LogP contribution in [0.15, 0.2) is 71.3 Å². The van der Waals surface area contributed by atoms with E-state index in [0.29, 0.717) is 24.3 Å². The van der Waals surface area contributed by atoms with Gasteiger partial charge in [-0.1, -0.05) is 42.5 Å². The average Bonchev–Trinajstić information content (AvgIpc) is 3.23. The third kappa shape index (κ3) is 3.56. The van der Waals surface area contributed by atoms with Gasteiger partial charge in [0.2, 0.25) is 5.91 Å². The van der Waals surface area contributed by atoms with Crippen LogP contribution >= 0.6 is 0 Å². The Kier molecular flexibility index (Phi) is 4.97. The molecule has 0 saturated carbocycles. The molecule has 1 aromatic heterocycles. The highest BCUT2D eigenvalue weighted by Gasteiger charge is 2.46. The van der Waals surface area contributed by atoms with Crippen molar-refractivity contribution in [2.24, 2.45) is 0 Å². The van der Waals surface area contributed by atoms with Crippen LogP contribution in [0.1, 0.15) is 39.7 Å².